The number of nitrogens with one attached hydrogen (secondary N) is 1. The smallest absolute Gasteiger partial charge is 0.280 e. The monoisotopic (exact) mass is 444 g/mol. The van der Waals surface area contributed by atoms with Crippen LogP contribution in [-0.2, 0) is 16.8 Å². The molecule has 1 aliphatic rings. The minimum Gasteiger partial charge on any atom is -0.353 e. The fourth-order valence-electron chi connectivity index (χ4n) is 3.82. The molecule has 0 atom stereocenters. The van der Waals surface area contributed by atoms with Gasteiger partial charge in [0.15, 0.2) is 11.5 Å². The van der Waals surface area contributed by atoms with Crippen LogP contribution in [0, 0.1) is 6.92 Å². The third kappa shape index (κ3) is 4.40. The van der Waals surface area contributed by atoms with Crippen LogP contribution < -0.4 is 5.32 Å². The van der Waals surface area contributed by atoms with Crippen LogP contribution in [-0.4, -0.2) is 57.9 Å². The number of aryl methyl sites for hydroxylation is 1. The average Bonchev–Trinajstić information content (AvgIpc) is 3.18. The van der Waals surface area contributed by atoms with Crippen LogP contribution in [0.15, 0.2) is 34.9 Å². The molecule has 0 bridgehead atoms. The van der Waals surface area contributed by atoms with Gasteiger partial charge in [-0.1, -0.05) is 29.4 Å². The Labute approximate surface area is 184 Å². The lowest BCUT2D eigenvalue weighted by molar-refractivity contribution is -0.121. The Morgan fingerprint density at radius 1 is 1.31 bits per heavy atom. The van der Waals surface area contributed by atoms with E-state index in [1.165, 1.54) is 6.07 Å². The second-order valence-corrected chi connectivity index (χ2v) is 8.39. The Hall–Kier alpha value is -3.14. The van der Waals surface area contributed by atoms with Crippen LogP contribution in [0.1, 0.15) is 41.9 Å². The number of hydrogen-bond donors (Lipinski definition) is 1. The SMILES string of the molecule is Cc1ccccc1C1(c2noc(-c3cc(C(F)F)n(CC(=O)NCCN(C)C)n3)n2)CC1. The maximum Gasteiger partial charge on any atom is 0.280 e. The summed E-state index contributed by atoms with van der Waals surface area (Å²) in [6, 6.07) is 9.24. The minimum atomic E-state index is -2.80. The molecule has 0 saturated heterocycles. The van der Waals surface area contributed by atoms with Crippen molar-refractivity contribution in [1.82, 2.24) is 30.1 Å². The van der Waals surface area contributed by atoms with E-state index in [0.29, 0.717) is 18.9 Å². The third-order valence-corrected chi connectivity index (χ3v) is 5.69. The molecule has 2 heterocycles. The molecule has 1 aliphatic carbocycles. The maximum atomic E-state index is 13.6. The van der Waals surface area contributed by atoms with Crippen LogP contribution >= 0.6 is 0 Å². The molecule has 2 aromatic heterocycles. The van der Waals surface area contributed by atoms with Gasteiger partial charge >= 0.3 is 0 Å². The fraction of sp³-hybridized carbons (Fsp3) is 0.455. The van der Waals surface area contributed by atoms with Gasteiger partial charge in [-0.2, -0.15) is 10.1 Å². The Kier molecular flexibility index (Phi) is 6.05. The molecule has 32 heavy (non-hydrogen) atoms. The molecule has 0 unspecified atom stereocenters. The van der Waals surface area contributed by atoms with E-state index in [4.69, 9.17) is 4.52 Å². The molecule has 10 heteroatoms. The average molecular weight is 444 g/mol. The van der Waals surface area contributed by atoms with Crippen molar-refractivity contribution < 1.29 is 18.1 Å². The highest BCUT2D eigenvalue weighted by molar-refractivity contribution is 5.75. The number of amides is 1. The minimum absolute atomic E-state index is 0.0634. The second-order valence-electron chi connectivity index (χ2n) is 8.39. The van der Waals surface area contributed by atoms with Gasteiger partial charge in [-0.25, -0.2) is 8.78 Å². The number of benzene rings is 1. The first-order valence-electron chi connectivity index (χ1n) is 10.5. The molecular weight excluding hydrogens is 418 g/mol. The first-order valence-corrected chi connectivity index (χ1v) is 10.5. The van der Waals surface area contributed by atoms with Crippen molar-refractivity contribution in [2.45, 2.75) is 38.2 Å². The molecule has 1 amide bonds. The number of carbonyl (C=O) groups excluding carboxylic acids is 1. The van der Waals surface area contributed by atoms with Crippen molar-refractivity contribution in [1.29, 1.82) is 0 Å². The Bertz CT molecular complexity index is 1100. The Morgan fingerprint density at radius 3 is 2.72 bits per heavy atom. The summed E-state index contributed by atoms with van der Waals surface area (Å²) in [4.78, 5) is 18.6. The normalized spacial score (nSPS) is 14.8. The molecule has 0 aliphatic heterocycles. The van der Waals surface area contributed by atoms with Gasteiger partial charge in [-0.3, -0.25) is 9.48 Å². The molecule has 0 radical (unpaired) electrons. The predicted octanol–water partition coefficient (Wildman–Crippen LogP) is 2.94. The van der Waals surface area contributed by atoms with Gasteiger partial charge in [0.25, 0.3) is 12.3 Å². The van der Waals surface area contributed by atoms with Gasteiger partial charge in [0, 0.05) is 13.1 Å². The number of carbonyl (C=O) groups is 1. The predicted molar refractivity (Wildman–Crippen MR) is 113 cm³/mol. The fourth-order valence-corrected chi connectivity index (χ4v) is 3.82. The lowest BCUT2D eigenvalue weighted by atomic mass is 9.91. The summed E-state index contributed by atoms with van der Waals surface area (Å²) in [7, 11) is 3.76. The topological polar surface area (TPSA) is 89.1 Å². The summed E-state index contributed by atoms with van der Waals surface area (Å²) in [6.45, 7) is 2.78. The zero-order chi connectivity index (χ0) is 22.9. The van der Waals surface area contributed by atoms with E-state index in [-0.39, 0.29) is 29.2 Å². The molecule has 1 aromatic carbocycles. The second kappa shape index (κ2) is 8.78. The van der Waals surface area contributed by atoms with Gasteiger partial charge in [0.05, 0.1) is 5.41 Å². The third-order valence-electron chi connectivity index (χ3n) is 5.69. The molecule has 170 valence electrons. The first kappa shape index (κ1) is 22.1. The zero-order valence-electron chi connectivity index (χ0n) is 18.3. The number of aromatic nitrogens is 4. The van der Waals surface area contributed by atoms with Gasteiger partial charge in [0.2, 0.25) is 5.91 Å². The highest BCUT2D eigenvalue weighted by Gasteiger charge is 2.50. The summed E-state index contributed by atoms with van der Waals surface area (Å²) in [5, 5.41) is 11.0. The quantitative estimate of drug-likeness (QED) is 0.546. The van der Waals surface area contributed by atoms with Crippen LogP contribution in [0.4, 0.5) is 8.78 Å². The summed E-state index contributed by atoms with van der Waals surface area (Å²) >= 11 is 0. The summed E-state index contributed by atoms with van der Waals surface area (Å²) in [6.07, 6.45) is -1.02. The molecule has 0 spiro atoms. The van der Waals surface area contributed by atoms with Gasteiger partial charge < -0.3 is 14.7 Å². The van der Waals surface area contributed by atoms with Crippen molar-refractivity contribution in [2.24, 2.45) is 0 Å². The summed E-state index contributed by atoms with van der Waals surface area (Å²) in [5.41, 5.74) is 1.72. The zero-order valence-corrected chi connectivity index (χ0v) is 18.3. The highest BCUT2D eigenvalue weighted by atomic mass is 19.3. The summed E-state index contributed by atoms with van der Waals surface area (Å²) in [5.74, 6) is 0.191. The lowest BCUT2D eigenvalue weighted by Crippen LogP contribution is -2.34. The van der Waals surface area contributed by atoms with E-state index in [1.54, 1.807) is 0 Å². The number of alkyl halides is 2. The molecule has 8 nitrogen and oxygen atoms in total. The molecule has 4 rings (SSSR count). The van der Waals surface area contributed by atoms with Crippen molar-refractivity contribution in [3.05, 3.63) is 53.0 Å². The van der Waals surface area contributed by atoms with Gasteiger partial charge in [-0.15, -0.1) is 0 Å². The van der Waals surface area contributed by atoms with Gasteiger partial charge in [-0.05, 0) is 51.1 Å². The summed E-state index contributed by atoms with van der Waals surface area (Å²) < 4.78 is 33.5. The Morgan fingerprint density at radius 2 is 2.06 bits per heavy atom. The number of rotatable bonds is 9. The largest absolute Gasteiger partial charge is 0.353 e. The molecule has 3 aromatic rings. The molecule has 1 saturated carbocycles. The number of hydrogen-bond acceptors (Lipinski definition) is 6. The maximum absolute atomic E-state index is 13.6. The van der Waals surface area contributed by atoms with Crippen LogP contribution in [0.5, 0.6) is 0 Å². The van der Waals surface area contributed by atoms with Crippen molar-refractivity contribution in [3.63, 3.8) is 0 Å². The molecular formula is C22H26F2N6O2. The number of halogens is 2. The van der Waals surface area contributed by atoms with Crippen molar-refractivity contribution in [3.8, 4) is 11.6 Å². The number of nitrogens with zero attached hydrogens (tertiary/aromatic N) is 5. The van der Waals surface area contributed by atoms with E-state index in [9.17, 15) is 13.6 Å². The van der Waals surface area contributed by atoms with E-state index >= 15 is 0 Å². The van der Waals surface area contributed by atoms with E-state index < -0.39 is 12.3 Å². The van der Waals surface area contributed by atoms with E-state index in [1.807, 2.05) is 44.1 Å². The van der Waals surface area contributed by atoms with Crippen LogP contribution in [0.25, 0.3) is 11.6 Å². The molecule has 1 N–H and O–H groups in total. The van der Waals surface area contributed by atoms with Crippen LogP contribution in [0.2, 0.25) is 0 Å². The highest BCUT2D eigenvalue weighted by Crippen LogP contribution is 2.53. The van der Waals surface area contributed by atoms with Crippen molar-refractivity contribution in [2.75, 3.05) is 27.2 Å². The first-order chi connectivity index (χ1) is 15.3. The molecule has 1 fully saturated rings. The van der Waals surface area contributed by atoms with Crippen molar-refractivity contribution >= 4 is 5.91 Å². The van der Waals surface area contributed by atoms with E-state index in [0.717, 1.165) is 28.7 Å². The van der Waals surface area contributed by atoms with Gasteiger partial charge in [0.1, 0.15) is 12.2 Å². The van der Waals surface area contributed by atoms with E-state index in [2.05, 4.69) is 26.6 Å². The number of likely N-dealkylation sites (N-methyl/N-ethyl adjacent to an activating group) is 1. The van der Waals surface area contributed by atoms with Crippen LogP contribution in [0.3, 0.4) is 0 Å². The lowest BCUT2D eigenvalue weighted by Gasteiger charge is -2.13. The standard InChI is InChI=1S/C22H26F2N6O2/c1-14-6-4-5-7-15(14)22(8-9-22)21-26-20(32-28-21)16-12-17(19(23)24)30(27-16)13-18(31)25-10-11-29(2)3/h4-7,12,19H,8-11,13H2,1-3H3,(H,25,31). The Balaban J connectivity index is 1.55.